The Hall–Kier alpha value is -1.88. The molecule has 0 aliphatic heterocycles. The molecule has 0 fully saturated rings. The third-order valence-electron chi connectivity index (χ3n) is 3.52. The van der Waals surface area contributed by atoms with E-state index in [0.717, 1.165) is 17.9 Å². The summed E-state index contributed by atoms with van der Waals surface area (Å²) in [5.74, 6) is 1.44. The van der Waals surface area contributed by atoms with Gasteiger partial charge in [-0.1, -0.05) is 51.4 Å². The van der Waals surface area contributed by atoms with E-state index in [4.69, 9.17) is 16.7 Å². The number of hydrogen-bond donors (Lipinski definition) is 2. The minimum Gasteiger partial charge on any atom is -0.359 e. The highest BCUT2D eigenvalue weighted by molar-refractivity contribution is 7.80. The Bertz CT molecular complexity index is 641. The molecule has 0 bridgehead atoms. The first-order valence-electron chi connectivity index (χ1n) is 8.02. The molecular weight excluding hydrogens is 306 g/mol. The summed E-state index contributed by atoms with van der Waals surface area (Å²) in [5, 5.41) is 10.7. The summed E-state index contributed by atoms with van der Waals surface area (Å²) in [7, 11) is 0. The number of aromatic nitrogens is 1. The van der Waals surface area contributed by atoms with Crippen molar-refractivity contribution in [3.63, 3.8) is 0 Å². The van der Waals surface area contributed by atoms with Gasteiger partial charge in [0.15, 0.2) is 10.9 Å². The van der Waals surface area contributed by atoms with Crippen LogP contribution < -0.4 is 10.6 Å². The Balaban J connectivity index is 1.90. The van der Waals surface area contributed by atoms with Crippen LogP contribution in [0.15, 0.2) is 34.9 Å². The Labute approximate surface area is 143 Å². The van der Waals surface area contributed by atoms with Crippen molar-refractivity contribution in [3.05, 3.63) is 41.7 Å². The van der Waals surface area contributed by atoms with E-state index in [1.54, 1.807) is 0 Å². The predicted molar refractivity (Wildman–Crippen MR) is 100 cm³/mol. The zero-order valence-electron chi connectivity index (χ0n) is 14.3. The standard InChI is InChI=1S/C18H25N3OS/c1-5-6-7-13-8-10-14(11-9-13)19-17(23)20-16-12-15(22-21-16)18(2,3)4/h8-12H,5-7H2,1-4H3,(H2,19,20,21,23). The summed E-state index contributed by atoms with van der Waals surface area (Å²) < 4.78 is 5.33. The number of rotatable bonds is 5. The zero-order valence-corrected chi connectivity index (χ0v) is 15.1. The van der Waals surface area contributed by atoms with Gasteiger partial charge in [-0.25, -0.2) is 0 Å². The van der Waals surface area contributed by atoms with Crippen LogP contribution in [0, 0.1) is 0 Å². The molecule has 2 N–H and O–H groups in total. The summed E-state index contributed by atoms with van der Waals surface area (Å²) >= 11 is 5.32. The van der Waals surface area contributed by atoms with E-state index in [0.29, 0.717) is 10.9 Å². The van der Waals surface area contributed by atoms with E-state index in [-0.39, 0.29) is 5.41 Å². The van der Waals surface area contributed by atoms with E-state index in [9.17, 15) is 0 Å². The molecule has 0 aliphatic carbocycles. The summed E-state index contributed by atoms with van der Waals surface area (Å²) in [6, 6.07) is 10.2. The molecule has 0 amide bonds. The fraction of sp³-hybridized carbons (Fsp3) is 0.444. The van der Waals surface area contributed by atoms with Crippen molar-refractivity contribution in [2.45, 2.75) is 52.4 Å². The molecule has 1 heterocycles. The number of unbranched alkanes of at least 4 members (excludes halogenated alkanes) is 1. The lowest BCUT2D eigenvalue weighted by atomic mass is 9.93. The first-order valence-corrected chi connectivity index (χ1v) is 8.43. The second-order valence-electron chi connectivity index (χ2n) is 6.71. The van der Waals surface area contributed by atoms with Gasteiger partial charge in [-0.2, -0.15) is 0 Å². The van der Waals surface area contributed by atoms with Gasteiger partial charge in [0, 0.05) is 17.2 Å². The number of nitrogens with one attached hydrogen (secondary N) is 2. The van der Waals surface area contributed by atoms with Gasteiger partial charge in [-0.05, 0) is 42.8 Å². The number of thiocarbonyl (C=S) groups is 1. The minimum absolute atomic E-state index is 0.0731. The molecule has 5 heteroatoms. The fourth-order valence-electron chi connectivity index (χ4n) is 2.10. The first kappa shape index (κ1) is 17.5. The molecule has 0 radical (unpaired) electrons. The average molecular weight is 331 g/mol. The third kappa shape index (κ3) is 5.36. The molecule has 2 aromatic rings. The lowest BCUT2D eigenvalue weighted by Gasteiger charge is -2.12. The van der Waals surface area contributed by atoms with E-state index < -0.39 is 0 Å². The van der Waals surface area contributed by atoms with Crippen molar-refractivity contribution < 1.29 is 4.52 Å². The molecule has 0 saturated carbocycles. The van der Waals surface area contributed by atoms with Crippen LogP contribution in [0.4, 0.5) is 11.5 Å². The van der Waals surface area contributed by atoms with Gasteiger partial charge in [-0.3, -0.25) is 0 Å². The molecule has 124 valence electrons. The molecule has 1 aromatic carbocycles. The van der Waals surface area contributed by atoms with Crippen molar-refractivity contribution >= 4 is 28.8 Å². The van der Waals surface area contributed by atoms with E-state index >= 15 is 0 Å². The van der Waals surface area contributed by atoms with Crippen LogP contribution in [0.1, 0.15) is 51.9 Å². The smallest absolute Gasteiger partial charge is 0.176 e. The lowest BCUT2D eigenvalue weighted by Crippen LogP contribution is -2.19. The number of anilines is 2. The van der Waals surface area contributed by atoms with Crippen LogP contribution in [0.3, 0.4) is 0 Å². The van der Waals surface area contributed by atoms with Gasteiger partial charge in [0.25, 0.3) is 0 Å². The van der Waals surface area contributed by atoms with Crippen LogP contribution in [0.2, 0.25) is 0 Å². The van der Waals surface area contributed by atoms with E-state index in [1.807, 2.05) is 18.2 Å². The van der Waals surface area contributed by atoms with Gasteiger partial charge in [0.1, 0.15) is 5.76 Å². The van der Waals surface area contributed by atoms with Gasteiger partial charge >= 0.3 is 0 Å². The summed E-state index contributed by atoms with van der Waals surface area (Å²) in [4.78, 5) is 0. The average Bonchev–Trinajstić information content (AvgIpc) is 2.95. The largest absolute Gasteiger partial charge is 0.359 e. The highest BCUT2D eigenvalue weighted by Gasteiger charge is 2.19. The topological polar surface area (TPSA) is 50.1 Å². The van der Waals surface area contributed by atoms with Crippen LogP contribution in [0.5, 0.6) is 0 Å². The Kier molecular flexibility index (Phi) is 5.77. The lowest BCUT2D eigenvalue weighted by molar-refractivity contribution is 0.331. The fourth-order valence-corrected chi connectivity index (χ4v) is 2.32. The maximum absolute atomic E-state index is 5.33. The van der Waals surface area contributed by atoms with Crippen molar-refractivity contribution in [1.82, 2.24) is 5.16 Å². The quantitative estimate of drug-likeness (QED) is 0.744. The SMILES string of the molecule is CCCCc1ccc(NC(=S)Nc2cc(C(C)(C)C)on2)cc1. The highest BCUT2D eigenvalue weighted by Crippen LogP contribution is 2.24. The van der Waals surface area contributed by atoms with Crippen molar-refractivity contribution in [2.24, 2.45) is 0 Å². The predicted octanol–water partition coefficient (Wildman–Crippen LogP) is 5.12. The molecular formula is C18H25N3OS. The summed E-state index contributed by atoms with van der Waals surface area (Å²) in [6.45, 7) is 8.44. The molecule has 2 rings (SSSR count). The number of nitrogens with zero attached hydrogens (tertiary/aromatic N) is 1. The molecule has 23 heavy (non-hydrogen) atoms. The maximum Gasteiger partial charge on any atom is 0.176 e. The summed E-state index contributed by atoms with van der Waals surface area (Å²) in [5.41, 5.74) is 2.24. The minimum atomic E-state index is -0.0731. The molecule has 4 nitrogen and oxygen atoms in total. The van der Waals surface area contributed by atoms with Gasteiger partial charge in [0.2, 0.25) is 0 Å². The molecule has 0 spiro atoms. The van der Waals surface area contributed by atoms with Crippen LogP contribution in [-0.4, -0.2) is 10.3 Å². The van der Waals surface area contributed by atoms with Crippen molar-refractivity contribution in [2.75, 3.05) is 10.6 Å². The highest BCUT2D eigenvalue weighted by atomic mass is 32.1. The molecule has 1 aromatic heterocycles. The van der Waals surface area contributed by atoms with Gasteiger partial charge in [0.05, 0.1) is 0 Å². The Morgan fingerprint density at radius 1 is 1.17 bits per heavy atom. The number of hydrogen-bond acceptors (Lipinski definition) is 3. The van der Waals surface area contributed by atoms with Gasteiger partial charge < -0.3 is 15.2 Å². The van der Waals surface area contributed by atoms with Crippen LogP contribution in [0.25, 0.3) is 0 Å². The third-order valence-corrected chi connectivity index (χ3v) is 3.73. The summed E-state index contributed by atoms with van der Waals surface area (Å²) in [6.07, 6.45) is 3.55. The normalized spacial score (nSPS) is 11.3. The van der Waals surface area contributed by atoms with Crippen LogP contribution in [-0.2, 0) is 11.8 Å². The van der Waals surface area contributed by atoms with E-state index in [2.05, 4.69) is 55.6 Å². The second-order valence-corrected chi connectivity index (χ2v) is 7.11. The number of aryl methyl sites for hydroxylation is 1. The van der Waals surface area contributed by atoms with Crippen LogP contribution >= 0.6 is 12.2 Å². The Morgan fingerprint density at radius 2 is 1.87 bits per heavy atom. The molecule has 0 unspecified atom stereocenters. The molecule has 0 saturated heterocycles. The molecule has 0 atom stereocenters. The van der Waals surface area contributed by atoms with Gasteiger partial charge in [-0.15, -0.1) is 0 Å². The second kappa shape index (κ2) is 7.59. The van der Waals surface area contributed by atoms with Crippen molar-refractivity contribution in [3.8, 4) is 0 Å². The van der Waals surface area contributed by atoms with E-state index in [1.165, 1.54) is 18.4 Å². The monoisotopic (exact) mass is 331 g/mol. The van der Waals surface area contributed by atoms with Crippen molar-refractivity contribution in [1.29, 1.82) is 0 Å². The zero-order chi connectivity index (χ0) is 16.9. The Morgan fingerprint density at radius 3 is 2.43 bits per heavy atom. The maximum atomic E-state index is 5.33. The molecule has 0 aliphatic rings. The number of benzene rings is 1. The first-order chi connectivity index (χ1) is 10.9.